The molecular weight excluding hydrogens is 668 g/mol. The Bertz CT molecular complexity index is 1530. The van der Waals surface area contributed by atoms with Crippen LogP contribution in [0.1, 0.15) is 73.9 Å². The van der Waals surface area contributed by atoms with Gasteiger partial charge in [0.05, 0.1) is 24.2 Å². The van der Waals surface area contributed by atoms with Gasteiger partial charge in [-0.1, -0.05) is 50.1 Å². The third-order valence-corrected chi connectivity index (χ3v) is 13.7. The van der Waals surface area contributed by atoms with Gasteiger partial charge in [-0.25, -0.2) is 4.21 Å². The van der Waals surface area contributed by atoms with E-state index in [1.54, 1.807) is 7.11 Å². The monoisotopic (exact) mass is 724 g/mol. The van der Waals surface area contributed by atoms with Gasteiger partial charge in [0.1, 0.15) is 16.7 Å². The highest BCUT2D eigenvalue weighted by Crippen LogP contribution is 2.45. The lowest BCUT2D eigenvalue weighted by Gasteiger charge is -2.49. The molecule has 1 saturated carbocycles. The minimum atomic E-state index is -1.50. The molecule has 3 aliphatic heterocycles. The van der Waals surface area contributed by atoms with Crippen LogP contribution in [0.15, 0.2) is 48.6 Å². The summed E-state index contributed by atoms with van der Waals surface area (Å²) in [5, 5.41) is 0.589. The van der Waals surface area contributed by atoms with Crippen LogP contribution in [0.4, 0.5) is 5.69 Å². The van der Waals surface area contributed by atoms with Gasteiger partial charge in [0.15, 0.2) is 0 Å². The number of likely N-dealkylation sites (N-methyl/N-ethyl adjacent to an activating group) is 1. The van der Waals surface area contributed by atoms with Crippen LogP contribution in [0.25, 0.3) is 0 Å². The lowest BCUT2D eigenvalue weighted by Crippen LogP contribution is -2.60. The Morgan fingerprint density at radius 3 is 2.66 bits per heavy atom. The van der Waals surface area contributed by atoms with E-state index in [0.29, 0.717) is 36.0 Å². The second-order valence-corrected chi connectivity index (χ2v) is 17.3. The number of aryl methyl sites for hydroxylation is 1. The molecule has 7 atom stereocenters. The Hall–Kier alpha value is -2.43. The quantitative estimate of drug-likeness (QED) is 0.294. The van der Waals surface area contributed by atoms with Crippen LogP contribution < -0.4 is 14.4 Å². The van der Waals surface area contributed by atoms with Crippen molar-refractivity contribution < 1.29 is 18.5 Å². The van der Waals surface area contributed by atoms with E-state index in [-0.39, 0.29) is 23.0 Å². The molecule has 6 rings (SSSR count). The Labute approximate surface area is 307 Å². The lowest BCUT2D eigenvalue weighted by molar-refractivity contribution is 0.0118. The molecule has 3 heterocycles. The minimum absolute atomic E-state index is 0.154. The van der Waals surface area contributed by atoms with Gasteiger partial charge in [-0.2, -0.15) is 0 Å². The van der Waals surface area contributed by atoms with Crippen LogP contribution in [-0.4, -0.2) is 97.8 Å². The van der Waals surface area contributed by atoms with Crippen molar-refractivity contribution in [1.82, 2.24) is 14.5 Å². The molecule has 274 valence electrons. The average molecular weight is 725 g/mol. The van der Waals surface area contributed by atoms with Crippen molar-refractivity contribution in [3.8, 4) is 5.75 Å². The van der Waals surface area contributed by atoms with Crippen molar-refractivity contribution in [2.45, 2.75) is 70.1 Å². The number of likely N-dealkylation sites (tertiary alicyclic amines) is 1. The van der Waals surface area contributed by atoms with E-state index in [1.165, 1.54) is 24.0 Å². The number of anilines is 1. The van der Waals surface area contributed by atoms with E-state index in [9.17, 15) is 9.00 Å². The lowest BCUT2D eigenvalue weighted by atomic mass is 9.66. The fraction of sp³-hybridized carbons (Fsp3) is 0.625. The third kappa shape index (κ3) is 8.60. The Kier molecular flexibility index (Phi) is 12.6. The van der Waals surface area contributed by atoms with E-state index in [0.717, 1.165) is 81.6 Å². The maximum Gasteiger partial charge on any atom is 0.263 e. The summed E-state index contributed by atoms with van der Waals surface area (Å²) in [5.41, 5.74) is 4.04. The predicted octanol–water partition coefficient (Wildman–Crippen LogP) is 6.56. The highest BCUT2D eigenvalue weighted by molar-refractivity contribution is 7.84. The molecule has 1 N–H and O–H groups in total. The largest absolute Gasteiger partial charge is 0.491 e. The maximum absolute atomic E-state index is 13.5. The summed E-state index contributed by atoms with van der Waals surface area (Å²) in [6.45, 7) is 13.6. The normalized spacial score (nSPS) is 30.0. The zero-order valence-corrected chi connectivity index (χ0v) is 32.2. The van der Waals surface area contributed by atoms with Crippen molar-refractivity contribution in [3.63, 3.8) is 0 Å². The summed E-state index contributed by atoms with van der Waals surface area (Å²) in [6.07, 6.45) is 10.1. The van der Waals surface area contributed by atoms with Crippen molar-refractivity contribution in [1.29, 1.82) is 0 Å². The van der Waals surface area contributed by atoms with E-state index in [2.05, 4.69) is 64.6 Å². The molecule has 2 aromatic carbocycles. The molecule has 0 spiro atoms. The fourth-order valence-corrected chi connectivity index (χ4v) is 9.48. The number of carbonyl (C=O) groups excluding carboxylic acids is 1. The van der Waals surface area contributed by atoms with Crippen molar-refractivity contribution in [2.75, 3.05) is 71.5 Å². The van der Waals surface area contributed by atoms with Gasteiger partial charge in [0, 0.05) is 68.9 Å². The number of rotatable bonds is 9. The second-order valence-electron chi connectivity index (χ2n) is 15.3. The number of benzene rings is 2. The van der Waals surface area contributed by atoms with Crippen molar-refractivity contribution in [3.05, 3.63) is 70.3 Å². The number of hydrogen-bond donors (Lipinski definition) is 1. The number of amides is 1. The predicted molar refractivity (Wildman–Crippen MR) is 205 cm³/mol. The van der Waals surface area contributed by atoms with Gasteiger partial charge in [-0.05, 0) is 105 Å². The number of allylic oxidation sites excluding steroid dienone is 1. The van der Waals surface area contributed by atoms with Crippen LogP contribution >= 0.6 is 11.6 Å². The zero-order valence-electron chi connectivity index (χ0n) is 30.6. The van der Waals surface area contributed by atoms with E-state index in [1.807, 2.05) is 31.2 Å². The van der Waals surface area contributed by atoms with E-state index in [4.69, 9.17) is 21.1 Å². The molecule has 0 aromatic heterocycles. The molecule has 10 heteroatoms. The highest BCUT2D eigenvalue weighted by atomic mass is 35.5. The van der Waals surface area contributed by atoms with Gasteiger partial charge in [0.2, 0.25) is 0 Å². The maximum atomic E-state index is 13.5. The molecule has 1 aliphatic carbocycles. The van der Waals surface area contributed by atoms with Crippen LogP contribution in [0.3, 0.4) is 0 Å². The molecule has 8 nitrogen and oxygen atoms in total. The third-order valence-electron chi connectivity index (χ3n) is 11.9. The van der Waals surface area contributed by atoms with Crippen molar-refractivity contribution >= 4 is 34.2 Å². The summed E-state index contributed by atoms with van der Waals surface area (Å²) in [6, 6.07) is 12.6. The smallest absolute Gasteiger partial charge is 0.263 e. The van der Waals surface area contributed by atoms with Gasteiger partial charge >= 0.3 is 0 Å². The standard InChI is InChI=1S/C40H57ClN4O4S/c1-6-8-29-19-34(41)13-15-36(29)33-23-45-22-32-11-14-37(32)31(21-44-24-35(25-44)43(4)17-18-48-5)10-7-9-27(2)28(3)50(47)42-40(46)30-12-16-39(49-26-33)38(45)20-30/h7,10,12-13,15-16,19-20,27-28,31-33,35,37H,6,8-9,11,14,17-18,21-26H2,1-5H3,(H,42,46)/b10-7+. The Morgan fingerprint density at radius 2 is 1.92 bits per heavy atom. The van der Waals surface area contributed by atoms with Crippen LogP contribution in [0.5, 0.6) is 5.75 Å². The summed E-state index contributed by atoms with van der Waals surface area (Å²) in [7, 11) is 2.48. The molecule has 7 unspecified atom stereocenters. The summed E-state index contributed by atoms with van der Waals surface area (Å²) >= 11 is 6.48. The first-order valence-corrected chi connectivity index (χ1v) is 20.3. The highest BCUT2D eigenvalue weighted by Gasteiger charge is 2.41. The fourth-order valence-electron chi connectivity index (χ4n) is 8.26. The van der Waals surface area contributed by atoms with E-state index >= 15 is 0 Å². The minimum Gasteiger partial charge on any atom is -0.491 e. The number of hydrogen-bond acceptors (Lipinski definition) is 7. The van der Waals surface area contributed by atoms with Gasteiger partial charge < -0.3 is 14.4 Å². The zero-order chi connectivity index (χ0) is 35.4. The average Bonchev–Trinajstić information content (AvgIpc) is 3.25. The molecule has 4 aliphatic rings. The molecule has 2 bridgehead atoms. The van der Waals surface area contributed by atoms with Crippen LogP contribution in [-0.2, 0) is 22.1 Å². The number of nitrogens with zero attached hydrogens (tertiary/aromatic N) is 3. The number of halogens is 1. The number of nitrogens with one attached hydrogen (secondary N) is 1. The topological polar surface area (TPSA) is 74.3 Å². The number of fused-ring (bicyclic) bond motifs is 2. The summed E-state index contributed by atoms with van der Waals surface area (Å²) in [5.74, 6) is 2.38. The first-order valence-electron chi connectivity index (χ1n) is 18.7. The van der Waals surface area contributed by atoms with E-state index < -0.39 is 11.0 Å². The molecule has 2 fully saturated rings. The number of ether oxygens (including phenoxy) is 2. The Morgan fingerprint density at radius 1 is 1.10 bits per heavy atom. The van der Waals surface area contributed by atoms with Gasteiger partial charge in [0.25, 0.3) is 5.91 Å². The summed E-state index contributed by atoms with van der Waals surface area (Å²) in [4.78, 5) is 21.0. The van der Waals surface area contributed by atoms with Gasteiger partial charge in [-0.3, -0.25) is 19.3 Å². The second kappa shape index (κ2) is 16.9. The Balaban J connectivity index is 1.30. The SMILES string of the molecule is CCCc1cc(Cl)ccc1C1COc2ccc3cc2N(C1)CC1CCC1C(CN1CC(N(C)CCOC)C1)/C=C/CC(C)C(C)S(=O)NC3=O. The molecule has 2 aromatic rings. The molecule has 1 amide bonds. The molecule has 1 saturated heterocycles. The molecular formula is C40H57ClN4O4S. The summed E-state index contributed by atoms with van der Waals surface area (Å²) < 4.78 is 28.1. The molecule has 50 heavy (non-hydrogen) atoms. The van der Waals surface area contributed by atoms with Crippen LogP contribution in [0.2, 0.25) is 5.02 Å². The number of carbonyl (C=O) groups is 1. The van der Waals surface area contributed by atoms with Crippen LogP contribution in [0, 0.1) is 23.7 Å². The van der Waals surface area contributed by atoms with Gasteiger partial charge in [-0.15, -0.1) is 0 Å². The van der Waals surface area contributed by atoms with Crippen molar-refractivity contribution in [2.24, 2.45) is 23.7 Å². The first kappa shape index (κ1) is 37.3. The molecule has 0 radical (unpaired) electrons. The number of methoxy groups -OCH3 is 1. The first-order chi connectivity index (χ1) is 24.1.